The number of hydrogen-bond donors (Lipinski definition) is 0. The highest BCUT2D eigenvalue weighted by Gasteiger charge is 2.47. The van der Waals surface area contributed by atoms with Crippen LogP contribution >= 0.6 is 0 Å². The average molecular weight is 363 g/mol. The number of rotatable bonds is 4. The second-order valence-corrected chi connectivity index (χ2v) is 6.87. The molecule has 0 bridgehead atoms. The first-order valence-corrected chi connectivity index (χ1v) is 9.01. The van der Waals surface area contributed by atoms with E-state index in [1.807, 2.05) is 6.92 Å². The van der Waals surface area contributed by atoms with Crippen LogP contribution in [0.2, 0.25) is 0 Å². The number of carbonyl (C=O) groups is 1. The van der Waals surface area contributed by atoms with Crippen molar-refractivity contribution in [2.75, 3.05) is 26.3 Å². The first kappa shape index (κ1) is 17.1. The molecule has 4 heterocycles. The molecule has 8 nitrogen and oxygen atoms in total. The Hall–Kier alpha value is -2.29. The Kier molecular flexibility index (Phi) is 4.47. The third-order valence-corrected chi connectivity index (χ3v) is 5.12. The van der Waals surface area contributed by atoms with Gasteiger partial charge >= 0.3 is 0 Å². The molecule has 0 spiro atoms. The monoisotopic (exact) mass is 363 g/mol. The van der Waals surface area contributed by atoms with E-state index in [2.05, 4.69) is 15.2 Å². The highest BCUT2D eigenvalue weighted by Crippen LogP contribution is 2.37. The fraction of sp³-hybridized carbons (Fsp3) is 0.647. The van der Waals surface area contributed by atoms with Crippen molar-refractivity contribution in [3.63, 3.8) is 0 Å². The third-order valence-electron chi connectivity index (χ3n) is 5.12. The van der Waals surface area contributed by atoms with Gasteiger partial charge in [-0.05, 0) is 19.8 Å². The number of halogens is 1. The zero-order chi connectivity index (χ0) is 18.1. The molecule has 2 saturated heterocycles. The van der Waals surface area contributed by atoms with Crippen LogP contribution in [0.3, 0.4) is 0 Å². The average Bonchev–Trinajstić information content (AvgIpc) is 3.41. The molecule has 2 fully saturated rings. The molecule has 140 valence electrons. The van der Waals surface area contributed by atoms with Crippen molar-refractivity contribution in [2.24, 2.45) is 0 Å². The lowest BCUT2D eigenvalue weighted by molar-refractivity contribution is 0.0716. The molecule has 2 aliphatic heterocycles. The number of ether oxygens (including phenoxy) is 1. The number of likely N-dealkylation sites (tertiary alicyclic amines) is 1. The molecular weight excluding hydrogens is 341 g/mol. The largest absolute Gasteiger partial charge is 0.381 e. The molecule has 0 radical (unpaired) electrons. The van der Waals surface area contributed by atoms with Gasteiger partial charge in [-0.1, -0.05) is 5.16 Å². The van der Waals surface area contributed by atoms with E-state index in [4.69, 9.17) is 9.26 Å². The van der Waals surface area contributed by atoms with Gasteiger partial charge in [-0.3, -0.25) is 9.48 Å². The van der Waals surface area contributed by atoms with Gasteiger partial charge in [0, 0.05) is 44.8 Å². The number of amides is 1. The number of aromatic nitrogens is 4. The Morgan fingerprint density at radius 2 is 2.23 bits per heavy atom. The smallest absolute Gasteiger partial charge is 0.266 e. The van der Waals surface area contributed by atoms with Gasteiger partial charge in [0.25, 0.3) is 11.8 Å². The van der Waals surface area contributed by atoms with E-state index in [-0.39, 0.29) is 30.7 Å². The molecule has 26 heavy (non-hydrogen) atoms. The van der Waals surface area contributed by atoms with Crippen molar-refractivity contribution >= 4 is 5.91 Å². The van der Waals surface area contributed by atoms with Crippen LogP contribution in [0, 0.1) is 0 Å². The van der Waals surface area contributed by atoms with Crippen LogP contribution in [-0.4, -0.2) is 57.0 Å². The predicted octanol–water partition coefficient (Wildman–Crippen LogP) is 1.89. The van der Waals surface area contributed by atoms with Gasteiger partial charge in [-0.25, -0.2) is 4.39 Å². The van der Waals surface area contributed by atoms with E-state index in [1.165, 1.54) is 11.1 Å². The molecule has 0 saturated carbocycles. The van der Waals surface area contributed by atoms with Crippen molar-refractivity contribution in [1.29, 1.82) is 0 Å². The minimum Gasteiger partial charge on any atom is -0.381 e. The normalized spacial score (nSPS) is 24.3. The molecule has 1 unspecified atom stereocenters. The maximum Gasteiger partial charge on any atom is 0.266 e. The molecule has 4 rings (SSSR count). The van der Waals surface area contributed by atoms with E-state index >= 15 is 4.39 Å². The topological polar surface area (TPSA) is 86.3 Å². The number of nitrogens with zero attached hydrogens (tertiary/aromatic N) is 5. The Bertz CT molecular complexity index is 785. The molecule has 0 N–H and O–H groups in total. The molecule has 0 aromatic carbocycles. The highest BCUT2D eigenvalue weighted by atomic mass is 19.1. The summed E-state index contributed by atoms with van der Waals surface area (Å²) in [5.74, 6) is 0.421. The Morgan fingerprint density at radius 3 is 2.96 bits per heavy atom. The molecule has 1 atom stereocenters. The molecule has 1 amide bonds. The van der Waals surface area contributed by atoms with Crippen LogP contribution < -0.4 is 0 Å². The van der Waals surface area contributed by atoms with E-state index in [0.29, 0.717) is 37.7 Å². The van der Waals surface area contributed by atoms with Gasteiger partial charge in [0.05, 0.1) is 18.3 Å². The zero-order valence-electron chi connectivity index (χ0n) is 14.7. The van der Waals surface area contributed by atoms with E-state index in [1.54, 1.807) is 10.9 Å². The van der Waals surface area contributed by atoms with Gasteiger partial charge in [0.15, 0.2) is 5.82 Å². The first-order chi connectivity index (χ1) is 12.6. The molecule has 9 heteroatoms. The lowest BCUT2D eigenvalue weighted by atomic mass is 9.99. The van der Waals surface area contributed by atoms with Crippen LogP contribution in [0.5, 0.6) is 0 Å². The van der Waals surface area contributed by atoms with Crippen LogP contribution in [0.4, 0.5) is 4.39 Å². The molecule has 0 aliphatic carbocycles. The molecule has 2 aliphatic rings. The van der Waals surface area contributed by atoms with Crippen LogP contribution in [0.15, 0.2) is 16.9 Å². The number of alkyl halides is 1. The summed E-state index contributed by atoms with van der Waals surface area (Å²) in [6.45, 7) is 4.15. The van der Waals surface area contributed by atoms with E-state index in [9.17, 15) is 4.79 Å². The molecule has 2 aromatic rings. The van der Waals surface area contributed by atoms with Crippen molar-refractivity contribution in [1.82, 2.24) is 24.8 Å². The summed E-state index contributed by atoms with van der Waals surface area (Å²) in [4.78, 5) is 18.4. The Labute approximate surface area is 150 Å². The van der Waals surface area contributed by atoms with Crippen LogP contribution in [-0.2, 0) is 17.0 Å². The summed E-state index contributed by atoms with van der Waals surface area (Å²) in [7, 11) is 0. The quantitative estimate of drug-likeness (QED) is 0.825. The summed E-state index contributed by atoms with van der Waals surface area (Å²) in [6, 6.07) is 0. The molecular formula is C17H22FN5O3. The number of carbonyl (C=O) groups excluding carboxylic acids is 1. The minimum absolute atomic E-state index is 0.0291. The predicted molar refractivity (Wildman–Crippen MR) is 88.3 cm³/mol. The third kappa shape index (κ3) is 3.11. The minimum atomic E-state index is -1.80. The summed E-state index contributed by atoms with van der Waals surface area (Å²) in [6.07, 6.45) is 4.96. The van der Waals surface area contributed by atoms with Gasteiger partial charge < -0.3 is 14.2 Å². The molecule has 2 aromatic heterocycles. The summed E-state index contributed by atoms with van der Waals surface area (Å²) in [5.41, 5.74) is -1.34. The fourth-order valence-electron chi connectivity index (χ4n) is 3.49. The first-order valence-electron chi connectivity index (χ1n) is 9.01. The highest BCUT2D eigenvalue weighted by molar-refractivity contribution is 5.94. The van der Waals surface area contributed by atoms with Crippen LogP contribution in [0.1, 0.15) is 54.2 Å². The van der Waals surface area contributed by atoms with Gasteiger partial charge in [0.1, 0.15) is 0 Å². The maximum absolute atomic E-state index is 15.4. The summed E-state index contributed by atoms with van der Waals surface area (Å²) < 4.78 is 27.6. The van der Waals surface area contributed by atoms with E-state index < -0.39 is 5.67 Å². The van der Waals surface area contributed by atoms with Crippen molar-refractivity contribution in [2.45, 2.75) is 44.3 Å². The SMILES string of the molecule is CCn1cc(C(=O)N2CCC(F)(c3nc(C4CCOCC4)no3)C2)cn1. The van der Waals surface area contributed by atoms with Gasteiger partial charge in [-0.2, -0.15) is 10.1 Å². The van der Waals surface area contributed by atoms with Gasteiger partial charge in [-0.15, -0.1) is 0 Å². The lowest BCUT2D eigenvalue weighted by Gasteiger charge is -2.19. The zero-order valence-corrected chi connectivity index (χ0v) is 14.7. The number of hydrogen-bond acceptors (Lipinski definition) is 6. The second kappa shape index (κ2) is 6.79. The second-order valence-electron chi connectivity index (χ2n) is 6.87. The Morgan fingerprint density at radius 1 is 1.42 bits per heavy atom. The maximum atomic E-state index is 15.4. The summed E-state index contributed by atoms with van der Waals surface area (Å²) >= 11 is 0. The standard InChI is InChI=1S/C17H22FN5O3/c1-2-23-10-13(9-19-23)15(24)22-6-5-17(18,11-22)16-20-14(21-26-16)12-3-7-25-8-4-12/h9-10,12H,2-8,11H2,1H3. The summed E-state index contributed by atoms with van der Waals surface area (Å²) in [5, 5.41) is 8.07. The van der Waals surface area contributed by atoms with Crippen LogP contribution in [0.25, 0.3) is 0 Å². The Balaban J connectivity index is 1.46. The van der Waals surface area contributed by atoms with Gasteiger partial charge in [0.2, 0.25) is 5.67 Å². The van der Waals surface area contributed by atoms with E-state index in [0.717, 1.165) is 12.8 Å². The fourth-order valence-corrected chi connectivity index (χ4v) is 3.49. The van der Waals surface area contributed by atoms with Crippen molar-refractivity contribution in [3.8, 4) is 0 Å². The number of aryl methyl sites for hydroxylation is 1. The lowest BCUT2D eigenvalue weighted by Crippen LogP contribution is -2.32. The van der Waals surface area contributed by atoms with Crippen molar-refractivity contribution < 1.29 is 18.4 Å². The van der Waals surface area contributed by atoms with Crippen molar-refractivity contribution in [3.05, 3.63) is 29.7 Å².